The lowest BCUT2D eigenvalue weighted by Gasteiger charge is -2.39. The lowest BCUT2D eigenvalue weighted by atomic mass is 9.76. The average molecular weight is 350 g/mol. The van der Waals surface area contributed by atoms with Gasteiger partial charge in [-0.1, -0.05) is 36.4 Å². The molecule has 1 aliphatic carbocycles. The van der Waals surface area contributed by atoms with Crippen LogP contribution in [0, 0.1) is 5.41 Å². The van der Waals surface area contributed by atoms with Crippen LogP contribution < -0.4 is 5.48 Å². The van der Waals surface area contributed by atoms with Crippen molar-refractivity contribution in [1.82, 2.24) is 10.4 Å². The van der Waals surface area contributed by atoms with E-state index in [4.69, 9.17) is 5.21 Å². The number of amides is 2. The maximum atomic E-state index is 13.3. The number of carbonyl (C=O) groups excluding carboxylic acids is 2. The number of piperidine rings is 1. The van der Waals surface area contributed by atoms with E-state index in [1.54, 1.807) is 17.6 Å². The van der Waals surface area contributed by atoms with Gasteiger partial charge >= 0.3 is 0 Å². The molecule has 134 valence electrons. The van der Waals surface area contributed by atoms with Gasteiger partial charge < -0.3 is 4.90 Å². The van der Waals surface area contributed by atoms with Crippen LogP contribution in [0.2, 0.25) is 0 Å². The predicted octanol–water partition coefficient (Wildman–Crippen LogP) is 2.71. The van der Waals surface area contributed by atoms with Crippen molar-refractivity contribution in [3.05, 3.63) is 70.8 Å². The minimum Gasteiger partial charge on any atom is -0.338 e. The van der Waals surface area contributed by atoms with Crippen LogP contribution in [-0.2, 0) is 24.2 Å². The number of nitrogens with one attached hydrogen (secondary N) is 1. The van der Waals surface area contributed by atoms with E-state index in [-0.39, 0.29) is 11.3 Å². The Hall–Kier alpha value is -2.66. The maximum Gasteiger partial charge on any atom is 0.274 e. The zero-order chi connectivity index (χ0) is 18.1. The van der Waals surface area contributed by atoms with E-state index < -0.39 is 5.91 Å². The molecule has 1 heterocycles. The Kier molecular flexibility index (Phi) is 4.24. The summed E-state index contributed by atoms with van der Waals surface area (Å²) in [5, 5.41) is 8.84. The molecule has 0 saturated carbocycles. The topological polar surface area (TPSA) is 69.6 Å². The summed E-state index contributed by atoms with van der Waals surface area (Å²) in [6, 6.07) is 15.5. The van der Waals surface area contributed by atoms with Gasteiger partial charge in [0, 0.05) is 18.7 Å². The quantitative estimate of drug-likeness (QED) is 0.661. The number of hydrogen-bond acceptors (Lipinski definition) is 3. The molecule has 2 amide bonds. The van der Waals surface area contributed by atoms with Gasteiger partial charge in [0.05, 0.1) is 5.41 Å². The molecule has 5 nitrogen and oxygen atoms in total. The zero-order valence-corrected chi connectivity index (χ0v) is 14.6. The first kappa shape index (κ1) is 16.8. The molecule has 4 rings (SSSR count). The molecular formula is C21H22N2O3. The van der Waals surface area contributed by atoms with E-state index in [2.05, 4.69) is 12.1 Å². The van der Waals surface area contributed by atoms with E-state index in [0.717, 1.165) is 42.5 Å². The fourth-order valence-electron chi connectivity index (χ4n) is 4.40. The van der Waals surface area contributed by atoms with Crippen molar-refractivity contribution in [2.24, 2.45) is 5.41 Å². The molecule has 0 unspecified atom stereocenters. The third-order valence-corrected chi connectivity index (χ3v) is 5.67. The Bertz CT molecular complexity index is 850. The normalized spacial score (nSPS) is 21.7. The van der Waals surface area contributed by atoms with Gasteiger partial charge in [0.2, 0.25) is 5.91 Å². The second-order valence-corrected chi connectivity index (χ2v) is 7.37. The van der Waals surface area contributed by atoms with Crippen LogP contribution in [0.25, 0.3) is 0 Å². The molecule has 2 aromatic rings. The molecule has 2 aromatic carbocycles. The van der Waals surface area contributed by atoms with E-state index in [9.17, 15) is 9.59 Å². The van der Waals surface area contributed by atoms with Crippen molar-refractivity contribution in [1.29, 1.82) is 0 Å². The van der Waals surface area contributed by atoms with Gasteiger partial charge in [-0.2, -0.15) is 0 Å². The number of benzene rings is 2. The number of fused-ring (bicyclic) bond motifs is 1. The van der Waals surface area contributed by atoms with Crippen LogP contribution in [0.4, 0.5) is 0 Å². The van der Waals surface area contributed by atoms with Crippen LogP contribution in [0.5, 0.6) is 0 Å². The summed E-state index contributed by atoms with van der Waals surface area (Å²) in [6.45, 7) is 1.44. The first-order valence-electron chi connectivity index (χ1n) is 9.01. The van der Waals surface area contributed by atoms with Crippen molar-refractivity contribution in [3.8, 4) is 0 Å². The molecule has 1 fully saturated rings. The molecule has 5 heteroatoms. The average Bonchev–Trinajstić information content (AvgIpc) is 3.04. The fourth-order valence-corrected chi connectivity index (χ4v) is 4.40. The molecule has 1 spiro atoms. The van der Waals surface area contributed by atoms with E-state index in [0.29, 0.717) is 18.5 Å². The molecule has 0 aromatic heterocycles. The highest BCUT2D eigenvalue weighted by molar-refractivity contribution is 5.94. The van der Waals surface area contributed by atoms with Crippen molar-refractivity contribution < 1.29 is 14.8 Å². The number of rotatable bonds is 3. The Morgan fingerprint density at radius 3 is 2.65 bits per heavy atom. The molecule has 2 aliphatic rings. The first-order chi connectivity index (χ1) is 12.6. The van der Waals surface area contributed by atoms with Gasteiger partial charge in [-0.25, -0.2) is 5.48 Å². The van der Waals surface area contributed by atoms with E-state index >= 15 is 0 Å². The lowest BCUT2D eigenvalue weighted by Crippen LogP contribution is -2.48. The summed E-state index contributed by atoms with van der Waals surface area (Å²) < 4.78 is 0. The Labute approximate surface area is 152 Å². The highest BCUT2D eigenvalue weighted by Gasteiger charge is 2.47. The lowest BCUT2D eigenvalue weighted by molar-refractivity contribution is -0.146. The minimum absolute atomic E-state index is 0.219. The van der Waals surface area contributed by atoms with Crippen molar-refractivity contribution in [3.63, 3.8) is 0 Å². The van der Waals surface area contributed by atoms with Gasteiger partial charge in [-0.05, 0) is 54.5 Å². The Morgan fingerprint density at radius 2 is 1.88 bits per heavy atom. The summed E-state index contributed by atoms with van der Waals surface area (Å²) in [5.74, 6) is -0.300. The molecule has 1 aliphatic heterocycles. The smallest absolute Gasteiger partial charge is 0.274 e. The van der Waals surface area contributed by atoms with E-state index in [1.807, 2.05) is 29.2 Å². The first-order valence-corrected chi connectivity index (χ1v) is 9.01. The van der Waals surface area contributed by atoms with Crippen molar-refractivity contribution in [2.75, 3.05) is 6.54 Å². The summed E-state index contributed by atoms with van der Waals surface area (Å²) in [6.07, 6.45) is 3.27. The summed E-state index contributed by atoms with van der Waals surface area (Å²) >= 11 is 0. The molecule has 1 atom stereocenters. The Balaban J connectivity index is 1.56. The SMILES string of the molecule is O=C(NO)c1ccc2c(c1)C[C@@]1(CCCN(Cc3ccccc3)C1=O)C2. The number of likely N-dealkylation sites (tertiary alicyclic amines) is 1. The second-order valence-electron chi connectivity index (χ2n) is 7.37. The highest BCUT2D eigenvalue weighted by atomic mass is 16.5. The highest BCUT2D eigenvalue weighted by Crippen LogP contribution is 2.44. The number of nitrogens with zero attached hydrogens (tertiary/aromatic N) is 1. The van der Waals surface area contributed by atoms with Crippen LogP contribution in [-0.4, -0.2) is 28.5 Å². The molecule has 2 N–H and O–H groups in total. The fraction of sp³-hybridized carbons (Fsp3) is 0.333. The molecule has 26 heavy (non-hydrogen) atoms. The summed E-state index contributed by atoms with van der Waals surface area (Å²) in [7, 11) is 0. The Morgan fingerprint density at radius 1 is 1.12 bits per heavy atom. The molecule has 0 bridgehead atoms. The van der Waals surface area contributed by atoms with Crippen LogP contribution in [0.1, 0.15) is 39.9 Å². The van der Waals surface area contributed by atoms with Gasteiger partial charge in [-0.15, -0.1) is 0 Å². The largest absolute Gasteiger partial charge is 0.338 e. The third kappa shape index (κ3) is 2.88. The summed E-state index contributed by atoms with van der Waals surface area (Å²) in [4.78, 5) is 26.9. The van der Waals surface area contributed by atoms with Gasteiger partial charge in [0.1, 0.15) is 0 Å². The number of hydroxylamine groups is 1. The van der Waals surface area contributed by atoms with Crippen LogP contribution in [0.15, 0.2) is 48.5 Å². The van der Waals surface area contributed by atoms with Gasteiger partial charge in [0.25, 0.3) is 5.91 Å². The van der Waals surface area contributed by atoms with Crippen molar-refractivity contribution in [2.45, 2.75) is 32.2 Å². The van der Waals surface area contributed by atoms with Gasteiger partial charge in [-0.3, -0.25) is 14.8 Å². The van der Waals surface area contributed by atoms with E-state index in [1.165, 1.54) is 0 Å². The summed E-state index contributed by atoms with van der Waals surface area (Å²) in [5.41, 5.74) is 5.04. The minimum atomic E-state index is -0.519. The number of carbonyl (C=O) groups is 2. The molecule has 0 radical (unpaired) electrons. The van der Waals surface area contributed by atoms with Crippen LogP contribution >= 0.6 is 0 Å². The maximum absolute atomic E-state index is 13.3. The zero-order valence-electron chi connectivity index (χ0n) is 14.6. The third-order valence-electron chi connectivity index (χ3n) is 5.67. The predicted molar refractivity (Wildman–Crippen MR) is 96.6 cm³/mol. The standard InChI is InChI=1S/C21H22N2O3/c24-19(22-26)16-7-8-17-12-21(13-18(17)11-16)9-4-10-23(20(21)25)14-15-5-2-1-3-6-15/h1-3,5-8,11,26H,4,9-10,12-14H2,(H,22,24)/t21-/m1/s1. The number of hydrogen-bond donors (Lipinski definition) is 2. The monoisotopic (exact) mass is 350 g/mol. The molecule has 1 saturated heterocycles. The second kappa shape index (κ2) is 6.57. The van der Waals surface area contributed by atoms with Crippen LogP contribution in [0.3, 0.4) is 0 Å². The molecular weight excluding hydrogens is 328 g/mol. The van der Waals surface area contributed by atoms with Crippen molar-refractivity contribution >= 4 is 11.8 Å². The van der Waals surface area contributed by atoms with Gasteiger partial charge in [0.15, 0.2) is 0 Å².